The van der Waals surface area contributed by atoms with Gasteiger partial charge < -0.3 is 5.32 Å². The van der Waals surface area contributed by atoms with E-state index in [2.05, 4.69) is 29.1 Å². The summed E-state index contributed by atoms with van der Waals surface area (Å²) in [5.41, 5.74) is 2.59. The Hall–Kier alpha value is -0.710. The topological polar surface area (TPSA) is 24.9 Å². The van der Waals surface area contributed by atoms with Gasteiger partial charge in [-0.2, -0.15) is 11.3 Å². The molecule has 2 aromatic heterocycles. The summed E-state index contributed by atoms with van der Waals surface area (Å²) in [6.07, 6.45) is 3.72. The molecule has 1 aliphatic carbocycles. The largest absolute Gasteiger partial charge is 0.309 e. The van der Waals surface area contributed by atoms with Crippen molar-refractivity contribution < 1.29 is 0 Å². The van der Waals surface area contributed by atoms with E-state index in [1.54, 1.807) is 11.3 Å². The van der Waals surface area contributed by atoms with Crippen molar-refractivity contribution in [3.63, 3.8) is 0 Å². The lowest BCUT2D eigenvalue weighted by atomic mass is 9.98. The Balaban J connectivity index is 1.96. The molecule has 0 saturated heterocycles. The third kappa shape index (κ3) is 2.17. The van der Waals surface area contributed by atoms with Crippen LogP contribution in [-0.4, -0.2) is 11.5 Å². The van der Waals surface area contributed by atoms with Crippen molar-refractivity contribution in [3.8, 4) is 10.6 Å². The highest BCUT2D eigenvalue weighted by Crippen LogP contribution is 2.37. The van der Waals surface area contributed by atoms with Crippen LogP contribution in [0.25, 0.3) is 10.6 Å². The molecule has 0 radical (unpaired) electrons. The highest BCUT2D eigenvalue weighted by Gasteiger charge is 2.24. The normalized spacial score (nSPS) is 19.2. The van der Waals surface area contributed by atoms with Crippen molar-refractivity contribution >= 4 is 22.7 Å². The molecule has 4 heteroatoms. The fourth-order valence-corrected chi connectivity index (χ4v) is 4.25. The summed E-state index contributed by atoms with van der Waals surface area (Å²) < 4.78 is 0. The summed E-state index contributed by atoms with van der Waals surface area (Å²) in [5, 5.41) is 9.05. The number of rotatable bonds is 3. The highest BCUT2D eigenvalue weighted by molar-refractivity contribution is 7.15. The van der Waals surface area contributed by atoms with Crippen LogP contribution in [0.15, 0.2) is 16.8 Å². The number of nitrogens with zero attached hydrogens (tertiary/aromatic N) is 1. The maximum absolute atomic E-state index is 4.86. The van der Waals surface area contributed by atoms with Crippen LogP contribution >= 0.6 is 22.7 Å². The predicted octanol–water partition coefficient (Wildman–Crippen LogP) is 3.86. The summed E-state index contributed by atoms with van der Waals surface area (Å²) in [4.78, 5) is 6.35. The lowest BCUT2D eigenvalue weighted by molar-refractivity contribution is 0.465. The van der Waals surface area contributed by atoms with Crippen molar-refractivity contribution in [1.82, 2.24) is 10.3 Å². The molecule has 2 nitrogen and oxygen atoms in total. The maximum Gasteiger partial charge on any atom is 0.124 e. The molecule has 3 rings (SSSR count). The molecule has 0 amide bonds. The summed E-state index contributed by atoms with van der Waals surface area (Å²) >= 11 is 3.62. The Labute approximate surface area is 110 Å². The van der Waals surface area contributed by atoms with E-state index in [1.165, 1.54) is 40.4 Å². The molecule has 1 unspecified atom stereocenters. The molecule has 90 valence electrons. The summed E-state index contributed by atoms with van der Waals surface area (Å²) in [7, 11) is 0. The number of hydrogen-bond donors (Lipinski definition) is 1. The number of nitrogens with one attached hydrogen (secondary N) is 1. The average molecular weight is 264 g/mol. The van der Waals surface area contributed by atoms with E-state index >= 15 is 0 Å². The van der Waals surface area contributed by atoms with Crippen molar-refractivity contribution in [1.29, 1.82) is 0 Å². The highest BCUT2D eigenvalue weighted by atomic mass is 32.1. The zero-order chi connectivity index (χ0) is 11.7. The summed E-state index contributed by atoms with van der Waals surface area (Å²) in [5.74, 6) is 0. The third-order valence-corrected chi connectivity index (χ3v) is 5.04. The number of thiazole rings is 1. The van der Waals surface area contributed by atoms with E-state index < -0.39 is 0 Å². The number of fused-ring (bicyclic) bond motifs is 1. The average Bonchev–Trinajstić information content (AvgIpc) is 2.98. The minimum absolute atomic E-state index is 0.479. The lowest BCUT2D eigenvalue weighted by Crippen LogP contribution is -2.24. The van der Waals surface area contributed by atoms with E-state index in [0.717, 1.165) is 6.54 Å². The predicted molar refractivity (Wildman–Crippen MR) is 74.8 cm³/mol. The van der Waals surface area contributed by atoms with Gasteiger partial charge in [0.15, 0.2) is 0 Å². The van der Waals surface area contributed by atoms with Crippen LogP contribution in [0.1, 0.15) is 36.4 Å². The Morgan fingerprint density at radius 3 is 3.24 bits per heavy atom. The van der Waals surface area contributed by atoms with Crippen LogP contribution in [0.5, 0.6) is 0 Å². The van der Waals surface area contributed by atoms with E-state index in [0.29, 0.717) is 6.04 Å². The fraction of sp³-hybridized carbons (Fsp3) is 0.462. The van der Waals surface area contributed by atoms with Crippen LogP contribution in [0, 0.1) is 0 Å². The van der Waals surface area contributed by atoms with Crippen molar-refractivity contribution in [3.05, 3.63) is 27.4 Å². The van der Waals surface area contributed by atoms with Gasteiger partial charge >= 0.3 is 0 Å². The zero-order valence-corrected chi connectivity index (χ0v) is 11.5. The lowest BCUT2D eigenvalue weighted by Gasteiger charge is -2.21. The molecule has 2 aromatic rings. The van der Waals surface area contributed by atoms with E-state index in [4.69, 9.17) is 4.98 Å². The summed E-state index contributed by atoms with van der Waals surface area (Å²) in [6.45, 7) is 3.19. The summed E-state index contributed by atoms with van der Waals surface area (Å²) in [6, 6.07) is 2.64. The van der Waals surface area contributed by atoms with Crippen molar-refractivity contribution in [2.24, 2.45) is 0 Å². The van der Waals surface area contributed by atoms with Crippen LogP contribution in [0.2, 0.25) is 0 Å². The van der Waals surface area contributed by atoms with Gasteiger partial charge in [-0.15, -0.1) is 11.3 Å². The van der Waals surface area contributed by atoms with Gasteiger partial charge in [0.2, 0.25) is 0 Å². The van der Waals surface area contributed by atoms with E-state index in [9.17, 15) is 0 Å². The van der Waals surface area contributed by atoms with Gasteiger partial charge in [0.05, 0.1) is 11.7 Å². The van der Waals surface area contributed by atoms with Crippen LogP contribution in [0.3, 0.4) is 0 Å². The minimum Gasteiger partial charge on any atom is -0.309 e. The Bertz CT molecular complexity index is 487. The second-order valence-electron chi connectivity index (χ2n) is 4.34. The Morgan fingerprint density at radius 2 is 2.47 bits per heavy atom. The van der Waals surface area contributed by atoms with Crippen LogP contribution in [-0.2, 0) is 6.42 Å². The van der Waals surface area contributed by atoms with Gasteiger partial charge in [-0.3, -0.25) is 0 Å². The number of aryl methyl sites for hydroxylation is 1. The first-order chi connectivity index (χ1) is 8.38. The quantitative estimate of drug-likeness (QED) is 0.910. The van der Waals surface area contributed by atoms with Gasteiger partial charge in [-0.25, -0.2) is 4.98 Å². The monoisotopic (exact) mass is 264 g/mol. The maximum atomic E-state index is 4.86. The first kappa shape index (κ1) is 11.4. The molecule has 0 fully saturated rings. The Morgan fingerprint density at radius 1 is 1.53 bits per heavy atom. The molecule has 0 saturated carbocycles. The van der Waals surface area contributed by atoms with Gasteiger partial charge in [-0.05, 0) is 37.3 Å². The molecular formula is C13H16N2S2. The first-order valence-corrected chi connectivity index (χ1v) is 7.90. The first-order valence-electron chi connectivity index (χ1n) is 6.14. The minimum atomic E-state index is 0.479. The van der Waals surface area contributed by atoms with Gasteiger partial charge in [-0.1, -0.05) is 6.92 Å². The second kappa shape index (κ2) is 4.88. The van der Waals surface area contributed by atoms with Gasteiger partial charge in [0.1, 0.15) is 5.01 Å². The molecule has 1 aliphatic rings. The Kier molecular flexibility index (Phi) is 3.27. The molecule has 0 bridgehead atoms. The standard InChI is InChI=1S/C13H16N2S2/c1-2-14-10-4-3-5-11-12(10)15-13(17-11)9-6-7-16-8-9/h6-8,10,14H,2-5H2,1H3. The third-order valence-electron chi connectivity index (χ3n) is 3.17. The molecule has 1 atom stereocenters. The van der Waals surface area contributed by atoms with Gasteiger partial charge in [0.25, 0.3) is 0 Å². The molecule has 0 aliphatic heterocycles. The molecular weight excluding hydrogens is 248 g/mol. The fourth-order valence-electron chi connectivity index (χ4n) is 2.37. The second-order valence-corrected chi connectivity index (χ2v) is 6.21. The number of thiophene rings is 1. The number of hydrogen-bond acceptors (Lipinski definition) is 4. The molecule has 2 heterocycles. The number of aromatic nitrogens is 1. The smallest absolute Gasteiger partial charge is 0.124 e. The molecule has 0 spiro atoms. The SMILES string of the molecule is CCNC1CCCc2sc(-c3ccsc3)nc21. The van der Waals surface area contributed by atoms with E-state index in [1.807, 2.05) is 11.3 Å². The van der Waals surface area contributed by atoms with Gasteiger partial charge in [0, 0.05) is 15.8 Å². The van der Waals surface area contributed by atoms with Crippen molar-refractivity contribution in [2.45, 2.75) is 32.2 Å². The molecule has 1 N–H and O–H groups in total. The van der Waals surface area contributed by atoms with Crippen LogP contribution in [0.4, 0.5) is 0 Å². The van der Waals surface area contributed by atoms with Crippen molar-refractivity contribution in [2.75, 3.05) is 6.54 Å². The molecule has 0 aromatic carbocycles. The zero-order valence-electron chi connectivity index (χ0n) is 9.90. The van der Waals surface area contributed by atoms with Crippen LogP contribution < -0.4 is 5.32 Å². The van der Waals surface area contributed by atoms with E-state index in [-0.39, 0.29) is 0 Å². The molecule has 17 heavy (non-hydrogen) atoms.